The molecule has 1 unspecified atom stereocenters. The monoisotopic (exact) mass is 292 g/mol. The number of hydrogen-bond acceptors (Lipinski definition) is 2. The molecule has 114 valence electrons. The van der Waals surface area contributed by atoms with Crippen LogP contribution in [0.5, 0.6) is 0 Å². The molecule has 1 aromatic carbocycles. The summed E-state index contributed by atoms with van der Waals surface area (Å²) in [6.45, 7) is 8.55. The van der Waals surface area contributed by atoms with Gasteiger partial charge in [-0.05, 0) is 29.7 Å². The Labute approximate surface area is 124 Å². The Hall–Kier alpha value is -1.78. The lowest BCUT2D eigenvalue weighted by molar-refractivity contribution is -0.121. The van der Waals surface area contributed by atoms with E-state index in [1.807, 2.05) is 0 Å². The van der Waals surface area contributed by atoms with Crippen molar-refractivity contribution in [2.24, 2.45) is 10.8 Å². The van der Waals surface area contributed by atoms with Crippen LogP contribution < -0.4 is 4.90 Å². The number of nitrogens with zero attached hydrogens (tertiary/aromatic N) is 2. The SMILES string of the molecule is CC(C)(C)C1N(C(=O)O)CC12CN(c1ccc(F)cc1)C2. The summed E-state index contributed by atoms with van der Waals surface area (Å²) in [5.74, 6) is -0.234. The van der Waals surface area contributed by atoms with Gasteiger partial charge in [-0.15, -0.1) is 0 Å². The summed E-state index contributed by atoms with van der Waals surface area (Å²) in [4.78, 5) is 15.1. The van der Waals surface area contributed by atoms with Crippen molar-refractivity contribution in [1.82, 2.24) is 4.90 Å². The minimum Gasteiger partial charge on any atom is -0.465 e. The van der Waals surface area contributed by atoms with Crippen molar-refractivity contribution in [2.45, 2.75) is 26.8 Å². The second kappa shape index (κ2) is 4.36. The lowest BCUT2D eigenvalue weighted by atomic mass is 9.58. The Morgan fingerprint density at radius 1 is 1.24 bits per heavy atom. The summed E-state index contributed by atoms with van der Waals surface area (Å²) in [5.41, 5.74) is 0.972. The standard InChI is InChI=1S/C16H21FN2O2/c1-15(2,3)13-16(10-19(13)14(20)21)8-18(9-16)12-6-4-11(17)5-7-12/h4-7,13H,8-10H2,1-3H3,(H,20,21). The summed E-state index contributed by atoms with van der Waals surface area (Å²) in [7, 11) is 0. The number of amides is 1. The predicted octanol–water partition coefficient (Wildman–Crippen LogP) is 3.04. The van der Waals surface area contributed by atoms with Crippen molar-refractivity contribution in [1.29, 1.82) is 0 Å². The number of hydrogen-bond donors (Lipinski definition) is 1. The third kappa shape index (κ3) is 2.15. The molecule has 1 amide bonds. The second-order valence-electron chi connectivity index (χ2n) is 7.37. The largest absolute Gasteiger partial charge is 0.465 e. The lowest BCUT2D eigenvalue weighted by Crippen LogP contribution is -2.81. The van der Waals surface area contributed by atoms with Crippen molar-refractivity contribution in [3.63, 3.8) is 0 Å². The quantitative estimate of drug-likeness (QED) is 0.865. The molecule has 2 aliphatic heterocycles. The first kappa shape index (κ1) is 14.2. The van der Waals surface area contributed by atoms with Gasteiger partial charge in [-0.25, -0.2) is 9.18 Å². The zero-order valence-corrected chi connectivity index (χ0v) is 12.6. The van der Waals surface area contributed by atoms with Gasteiger partial charge >= 0.3 is 6.09 Å². The van der Waals surface area contributed by atoms with E-state index in [0.29, 0.717) is 6.54 Å². The number of anilines is 1. The average Bonchev–Trinajstić information content (AvgIpc) is 2.25. The Morgan fingerprint density at radius 2 is 1.81 bits per heavy atom. The van der Waals surface area contributed by atoms with Crippen LogP contribution in [0, 0.1) is 16.6 Å². The number of benzene rings is 1. The van der Waals surface area contributed by atoms with Crippen LogP contribution in [-0.4, -0.2) is 41.8 Å². The molecule has 2 saturated heterocycles. The van der Waals surface area contributed by atoms with E-state index >= 15 is 0 Å². The minimum absolute atomic E-state index is 0.0409. The average molecular weight is 292 g/mol. The molecule has 1 spiro atoms. The van der Waals surface area contributed by atoms with Crippen molar-refractivity contribution in [2.75, 3.05) is 24.5 Å². The molecule has 0 aliphatic carbocycles. The van der Waals surface area contributed by atoms with Crippen LogP contribution in [-0.2, 0) is 0 Å². The number of rotatable bonds is 1. The fraction of sp³-hybridized carbons (Fsp3) is 0.562. The van der Waals surface area contributed by atoms with Crippen molar-refractivity contribution in [3.05, 3.63) is 30.1 Å². The van der Waals surface area contributed by atoms with Crippen molar-refractivity contribution < 1.29 is 14.3 Å². The van der Waals surface area contributed by atoms with Crippen LogP contribution in [0.3, 0.4) is 0 Å². The van der Waals surface area contributed by atoms with Crippen LogP contribution in [0.15, 0.2) is 24.3 Å². The molecule has 2 aliphatic rings. The number of likely N-dealkylation sites (tertiary alicyclic amines) is 1. The molecule has 0 aromatic heterocycles. The summed E-state index contributed by atoms with van der Waals surface area (Å²) in [6, 6.07) is 6.53. The normalized spacial score (nSPS) is 23.7. The topological polar surface area (TPSA) is 43.8 Å². The molecule has 1 N–H and O–H groups in total. The van der Waals surface area contributed by atoms with Crippen LogP contribution in [0.2, 0.25) is 0 Å². The van der Waals surface area contributed by atoms with E-state index in [9.17, 15) is 14.3 Å². The highest BCUT2D eigenvalue weighted by Gasteiger charge is 2.64. The van der Waals surface area contributed by atoms with Crippen LogP contribution in [0.1, 0.15) is 20.8 Å². The molecule has 3 rings (SSSR count). The number of halogens is 1. The van der Waals surface area contributed by atoms with E-state index in [2.05, 4.69) is 25.7 Å². The van der Waals surface area contributed by atoms with E-state index in [4.69, 9.17) is 0 Å². The van der Waals surface area contributed by atoms with E-state index in [0.717, 1.165) is 18.8 Å². The van der Waals surface area contributed by atoms with Gasteiger partial charge in [-0.2, -0.15) is 0 Å². The van der Waals surface area contributed by atoms with E-state index < -0.39 is 6.09 Å². The zero-order valence-electron chi connectivity index (χ0n) is 12.6. The predicted molar refractivity (Wildman–Crippen MR) is 79.0 cm³/mol. The van der Waals surface area contributed by atoms with Gasteiger partial charge in [0.05, 0.1) is 6.04 Å². The van der Waals surface area contributed by atoms with Crippen molar-refractivity contribution in [3.8, 4) is 0 Å². The Morgan fingerprint density at radius 3 is 2.29 bits per heavy atom. The van der Waals surface area contributed by atoms with Gasteiger partial charge in [-0.3, -0.25) is 0 Å². The van der Waals surface area contributed by atoms with E-state index in [-0.39, 0.29) is 22.7 Å². The Kier molecular flexibility index (Phi) is 2.94. The first-order valence-corrected chi connectivity index (χ1v) is 7.23. The summed E-state index contributed by atoms with van der Waals surface area (Å²) >= 11 is 0. The van der Waals surface area contributed by atoms with Gasteiger partial charge < -0.3 is 14.9 Å². The lowest BCUT2D eigenvalue weighted by Gasteiger charge is -2.68. The van der Waals surface area contributed by atoms with Crippen LogP contribution >= 0.6 is 0 Å². The highest BCUT2D eigenvalue weighted by Crippen LogP contribution is 2.53. The molecule has 1 aromatic rings. The highest BCUT2D eigenvalue weighted by atomic mass is 19.1. The number of carboxylic acid groups (broad SMARTS) is 1. The Balaban J connectivity index is 1.74. The summed E-state index contributed by atoms with van der Waals surface area (Å²) in [6.07, 6.45) is -0.833. The van der Waals surface area contributed by atoms with E-state index in [1.165, 1.54) is 12.1 Å². The first-order chi connectivity index (χ1) is 9.73. The second-order valence-corrected chi connectivity index (χ2v) is 7.37. The summed E-state index contributed by atoms with van der Waals surface area (Å²) in [5, 5.41) is 9.30. The third-order valence-electron chi connectivity index (χ3n) is 4.65. The van der Waals surface area contributed by atoms with Crippen LogP contribution in [0.4, 0.5) is 14.9 Å². The van der Waals surface area contributed by atoms with Crippen LogP contribution in [0.25, 0.3) is 0 Å². The molecule has 0 bridgehead atoms. The van der Waals surface area contributed by atoms with Gasteiger partial charge in [-0.1, -0.05) is 20.8 Å². The van der Waals surface area contributed by atoms with Gasteiger partial charge in [0, 0.05) is 30.7 Å². The zero-order chi connectivity index (χ0) is 15.4. The maximum absolute atomic E-state index is 13.0. The molecule has 2 fully saturated rings. The fourth-order valence-electron chi connectivity index (χ4n) is 4.12. The molecule has 4 nitrogen and oxygen atoms in total. The minimum atomic E-state index is -0.833. The van der Waals surface area contributed by atoms with Crippen molar-refractivity contribution >= 4 is 11.8 Å². The molecular formula is C16H21FN2O2. The third-order valence-corrected chi connectivity index (χ3v) is 4.65. The fourth-order valence-corrected chi connectivity index (χ4v) is 4.12. The highest BCUT2D eigenvalue weighted by molar-refractivity contribution is 5.68. The molecule has 2 heterocycles. The maximum Gasteiger partial charge on any atom is 0.407 e. The molecule has 0 radical (unpaired) electrons. The molecule has 5 heteroatoms. The maximum atomic E-state index is 13.0. The Bertz CT molecular complexity index is 559. The van der Waals surface area contributed by atoms with Gasteiger partial charge in [0.2, 0.25) is 0 Å². The van der Waals surface area contributed by atoms with Gasteiger partial charge in [0.15, 0.2) is 0 Å². The number of carbonyl (C=O) groups is 1. The first-order valence-electron chi connectivity index (χ1n) is 7.23. The van der Waals surface area contributed by atoms with Gasteiger partial charge in [0.25, 0.3) is 0 Å². The molecule has 21 heavy (non-hydrogen) atoms. The summed E-state index contributed by atoms with van der Waals surface area (Å²) < 4.78 is 13.0. The van der Waals surface area contributed by atoms with Gasteiger partial charge in [0.1, 0.15) is 5.82 Å². The molecular weight excluding hydrogens is 271 g/mol. The smallest absolute Gasteiger partial charge is 0.407 e. The van der Waals surface area contributed by atoms with E-state index in [1.54, 1.807) is 17.0 Å². The molecule has 1 atom stereocenters. The molecule has 0 saturated carbocycles.